The highest BCUT2D eigenvalue weighted by molar-refractivity contribution is 7.99. The van der Waals surface area contributed by atoms with E-state index in [4.69, 9.17) is 11.6 Å². The number of hydrogen-bond acceptors (Lipinski definition) is 3. The maximum Gasteiger partial charge on any atom is 0.140 e. The minimum Gasteiger partial charge on any atom is -0.237 e. The third-order valence-electron chi connectivity index (χ3n) is 3.30. The molecule has 0 aliphatic heterocycles. The molecule has 18 heavy (non-hydrogen) atoms. The number of aryl methyl sites for hydroxylation is 1. The van der Waals surface area contributed by atoms with Crippen molar-refractivity contribution in [3.8, 4) is 0 Å². The van der Waals surface area contributed by atoms with Gasteiger partial charge in [-0.05, 0) is 25.3 Å². The first-order valence-electron chi connectivity index (χ1n) is 6.92. The van der Waals surface area contributed by atoms with Crippen molar-refractivity contribution in [3.63, 3.8) is 0 Å². The quantitative estimate of drug-likeness (QED) is 0.736. The minimum atomic E-state index is 0.590. The van der Waals surface area contributed by atoms with Gasteiger partial charge in [0.05, 0.1) is 5.75 Å². The van der Waals surface area contributed by atoms with Crippen molar-refractivity contribution in [1.29, 1.82) is 0 Å². The average molecular weight is 285 g/mol. The fraction of sp³-hybridized carbons (Fsp3) is 0.714. The first kappa shape index (κ1) is 14.1. The maximum atomic E-state index is 6.05. The molecule has 100 valence electrons. The summed E-state index contributed by atoms with van der Waals surface area (Å²) >= 11 is 8.05. The van der Waals surface area contributed by atoms with Gasteiger partial charge in [-0.25, -0.2) is 9.97 Å². The third-order valence-corrected chi connectivity index (χ3v) is 4.86. The molecule has 1 aliphatic rings. The van der Waals surface area contributed by atoms with E-state index >= 15 is 0 Å². The second kappa shape index (κ2) is 7.34. The van der Waals surface area contributed by atoms with Crippen molar-refractivity contribution in [2.75, 3.05) is 0 Å². The smallest absolute Gasteiger partial charge is 0.140 e. The number of rotatable bonds is 5. The number of halogens is 1. The lowest BCUT2D eigenvalue weighted by Gasteiger charge is -2.20. The van der Waals surface area contributed by atoms with Crippen LogP contribution in [0.15, 0.2) is 6.07 Å². The van der Waals surface area contributed by atoms with Crippen molar-refractivity contribution < 1.29 is 0 Å². The van der Waals surface area contributed by atoms with Crippen LogP contribution in [0.25, 0.3) is 0 Å². The van der Waals surface area contributed by atoms with Crippen LogP contribution in [0.4, 0.5) is 0 Å². The lowest BCUT2D eigenvalue weighted by molar-refractivity contribution is 0.516. The summed E-state index contributed by atoms with van der Waals surface area (Å²) in [6.07, 6.45) is 8.97. The number of nitrogens with zero attached hydrogens (tertiary/aromatic N) is 2. The standard InChI is InChI=1S/C14H21ClN2S/c1-2-6-11-9-13(15)17-14(16-11)10-18-12-7-4-3-5-8-12/h9,12H,2-8,10H2,1H3. The molecule has 1 heterocycles. The van der Waals surface area contributed by atoms with Gasteiger partial charge >= 0.3 is 0 Å². The molecule has 2 nitrogen and oxygen atoms in total. The van der Waals surface area contributed by atoms with E-state index in [0.717, 1.165) is 35.4 Å². The zero-order chi connectivity index (χ0) is 12.8. The molecule has 0 atom stereocenters. The third kappa shape index (κ3) is 4.43. The molecule has 1 aromatic heterocycles. The van der Waals surface area contributed by atoms with Crippen LogP contribution in [0.5, 0.6) is 0 Å². The maximum absolute atomic E-state index is 6.05. The van der Waals surface area contributed by atoms with E-state index in [1.54, 1.807) is 0 Å². The van der Waals surface area contributed by atoms with E-state index in [9.17, 15) is 0 Å². The van der Waals surface area contributed by atoms with Gasteiger partial charge in [0.25, 0.3) is 0 Å². The molecule has 2 rings (SSSR count). The Morgan fingerprint density at radius 1 is 1.28 bits per heavy atom. The van der Waals surface area contributed by atoms with E-state index in [0.29, 0.717) is 5.15 Å². The SMILES string of the molecule is CCCc1cc(Cl)nc(CSC2CCCCC2)n1. The molecule has 0 bridgehead atoms. The molecule has 0 spiro atoms. The van der Waals surface area contributed by atoms with Gasteiger partial charge in [-0.2, -0.15) is 11.8 Å². The molecule has 0 aromatic carbocycles. The van der Waals surface area contributed by atoms with Crippen LogP contribution in [-0.4, -0.2) is 15.2 Å². The van der Waals surface area contributed by atoms with Gasteiger partial charge in [0.1, 0.15) is 11.0 Å². The summed E-state index contributed by atoms with van der Waals surface area (Å²) < 4.78 is 0. The fourth-order valence-corrected chi connectivity index (χ4v) is 3.79. The number of hydrogen-bond donors (Lipinski definition) is 0. The Kier molecular flexibility index (Phi) is 5.77. The van der Waals surface area contributed by atoms with Gasteiger partial charge in [-0.15, -0.1) is 0 Å². The summed E-state index contributed by atoms with van der Waals surface area (Å²) in [7, 11) is 0. The Labute approximate surface area is 119 Å². The number of aromatic nitrogens is 2. The van der Waals surface area contributed by atoms with Gasteiger partial charge in [0.15, 0.2) is 0 Å². The molecule has 0 radical (unpaired) electrons. The van der Waals surface area contributed by atoms with Crippen molar-refractivity contribution in [3.05, 3.63) is 22.7 Å². The van der Waals surface area contributed by atoms with Crippen LogP contribution < -0.4 is 0 Å². The van der Waals surface area contributed by atoms with Crippen molar-refractivity contribution in [2.24, 2.45) is 0 Å². The van der Waals surface area contributed by atoms with E-state index in [2.05, 4.69) is 16.9 Å². The van der Waals surface area contributed by atoms with Crippen LogP contribution in [0.3, 0.4) is 0 Å². The van der Waals surface area contributed by atoms with Crippen LogP contribution >= 0.6 is 23.4 Å². The Morgan fingerprint density at radius 2 is 2.06 bits per heavy atom. The summed E-state index contributed by atoms with van der Waals surface area (Å²) in [5.74, 6) is 1.81. The zero-order valence-electron chi connectivity index (χ0n) is 11.0. The highest BCUT2D eigenvalue weighted by atomic mass is 35.5. The summed E-state index contributed by atoms with van der Waals surface area (Å²) in [5.41, 5.74) is 1.08. The molecule has 1 aliphatic carbocycles. The van der Waals surface area contributed by atoms with E-state index in [1.807, 2.05) is 17.8 Å². The zero-order valence-corrected chi connectivity index (χ0v) is 12.6. The topological polar surface area (TPSA) is 25.8 Å². The molecule has 1 aromatic rings. The van der Waals surface area contributed by atoms with Crippen molar-refractivity contribution in [1.82, 2.24) is 9.97 Å². The summed E-state index contributed by atoms with van der Waals surface area (Å²) in [6, 6.07) is 1.89. The second-order valence-corrected chi connectivity index (χ2v) is 6.60. The predicted octanol–water partition coefficient (Wildman–Crippen LogP) is 4.65. The van der Waals surface area contributed by atoms with Crippen molar-refractivity contribution in [2.45, 2.75) is 62.9 Å². The molecular weight excluding hydrogens is 264 g/mol. The minimum absolute atomic E-state index is 0.590. The van der Waals surface area contributed by atoms with E-state index < -0.39 is 0 Å². The second-order valence-electron chi connectivity index (χ2n) is 4.92. The highest BCUT2D eigenvalue weighted by Gasteiger charge is 2.14. The van der Waals surface area contributed by atoms with Gasteiger partial charge in [0, 0.05) is 10.9 Å². The van der Waals surface area contributed by atoms with Crippen LogP contribution in [0, 0.1) is 0 Å². The molecule has 0 saturated heterocycles. The highest BCUT2D eigenvalue weighted by Crippen LogP contribution is 2.30. The lowest BCUT2D eigenvalue weighted by atomic mass is 10.0. The monoisotopic (exact) mass is 284 g/mol. The predicted molar refractivity (Wildman–Crippen MR) is 79.2 cm³/mol. The van der Waals surface area contributed by atoms with E-state index in [1.165, 1.54) is 32.1 Å². The normalized spacial score (nSPS) is 17.0. The first-order valence-corrected chi connectivity index (χ1v) is 8.34. The Morgan fingerprint density at radius 3 is 2.78 bits per heavy atom. The largest absolute Gasteiger partial charge is 0.237 e. The van der Waals surface area contributed by atoms with Gasteiger partial charge in [-0.3, -0.25) is 0 Å². The van der Waals surface area contributed by atoms with Crippen LogP contribution in [0.2, 0.25) is 5.15 Å². The Balaban J connectivity index is 1.91. The van der Waals surface area contributed by atoms with Crippen LogP contribution in [-0.2, 0) is 12.2 Å². The summed E-state index contributed by atoms with van der Waals surface area (Å²) in [6.45, 7) is 2.16. The Bertz CT molecular complexity index is 378. The molecule has 1 fully saturated rings. The van der Waals surface area contributed by atoms with Gasteiger partial charge in [-0.1, -0.05) is 44.2 Å². The van der Waals surface area contributed by atoms with Gasteiger partial charge in [0.2, 0.25) is 0 Å². The molecule has 1 saturated carbocycles. The summed E-state index contributed by atoms with van der Waals surface area (Å²) in [5, 5.41) is 1.39. The molecule has 0 N–H and O–H groups in total. The average Bonchev–Trinajstić information content (AvgIpc) is 2.37. The fourth-order valence-electron chi connectivity index (χ4n) is 2.39. The number of thioether (sulfide) groups is 1. The molecule has 0 amide bonds. The molecule has 4 heteroatoms. The Hall–Kier alpha value is -0.280. The first-order chi connectivity index (χ1) is 8.78. The van der Waals surface area contributed by atoms with Crippen LogP contribution in [0.1, 0.15) is 57.0 Å². The van der Waals surface area contributed by atoms with E-state index in [-0.39, 0.29) is 0 Å². The summed E-state index contributed by atoms with van der Waals surface area (Å²) in [4.78, 5) is 8.93. The van der Waals surface area contributed by atoms with Gasteiger partial charge < -0.3 is 0 Å². The molecular formula is C14H21ClN2S. The van der Waals surface area contributed by atoms with Crippen molar-refractivity contribution >= 4 is 23.4 Å². The lowest BCUT2D eigenvalue weighted by Crippen LogP contribution is -2.09. The molecule has 0 unspecified atom stereocenters.